The van der Waals surface area contributed by atoms with Crippen LogP contribution in [0.15, 0.2) is 24.3 Å². The number of anilines is 1. The fraction of sp³-hybridized carbons (Fsp3) is 0.333. The molecule has 6 heteroatoms. The maximum absolute atomic E-state index is 6.39. The third kappa shape index (κ3) is 3.19. The summed E-state index contributed by atoms with van der Waals surface area (Å²) in [7, 11) is 0. The molecule has 1 aromatic carbocycles. The first kappa shape index (κ1) is 14.4. The van der Waals surface area contributed by atoms with Gasteiger partial charge in [-0.3, -0.25) is 0 Å². The topological polar surface area (TPSA) is 53.6 Å². The zero-order chi connectivity index (χ0) is 14.8. The Bertz CT molecular complexity index is 747. The van der Waals surface area contributed by atoms with Gasteiger partial charge in [0.05, 0.1) is 17.3 Å². The van der Waals surface area contributed by atoms with Gasteiger partial charge in [-0.05, 0) is 12.0 Å². The van der Waals surface area contributed by atoms with E-state index in [4.69, 9.17) is 11.6 Å². The molecule has 0 aliphatic heterocycles. The largest absolute Gasteiger partial charge is 0.356 e. The number of H-pyrrole nitrogens is 1. The molecule has 0 radical (unpaired) electrons. The number of hydrogen-bond acceptors (Lipinski definition) is 4. The van der Waals surface area contributed by atoms with Crippen molar-refractivity contribution in [3.8, 4) is 0 Å². The lowest BCUT2D eigenvalue weighted by Gasteiger charge is -2.00. The van der Waals surface area contributed by atoms with Gasteiger partial charge < -0.3 is 10.3 Å². The summed E-state index contributed by atoms with van der Waals surface area (Å²) in [5.41, 5.74) is 2.02. The Morgan fingerprint density at radius 1 is 1.29 bits per heavy atom. The first-order valence-corrected chi connectivity index (χ1v) is 8.14. The SMILES string of the molecule is CC(C)Cc1nnc(NCc2[nH]c3ccccc3c2Cl)s1. The van der Waals surface area contributed by atoms with Gasteiger partial charge >= 0.3 is 0 Å². The number of rotatable bonds is 5. The second kappa shape index (κ2) is 6.03. The van der Waals surface area contributed by atoms with Crippen LogP contribution >= 0.6 is 22.9 Å². The summed E-state index contributed by atoms with van der Waals surface area (Å²) in [6.45, 7) is 4.97. The van der Waals surface area contributed by atoms with Crippen molar-refractivity contribution in [1.29, 1.82) is 0 Å². The second-order valence-corrected chi connectivity index (χ2v) is 6.86. The lowest BCUT2D eigenvalue weighted by molar-refractivity contribution is 0.640. The maximum Gasteiger partial charge on any atom is 0.205 e. The van der Waals surface area contributed by atoms with E-state index in [9.17, 15) is 0 Å². The quantitative estimate of drug-likeness (QED) is 0.728. The van der Waals surface area contributed by atoms with E-state index in [0.717, 1.165) is 38.2 Å². The third-order valence-corrected chi connectivity index (χ3v) is 4.52. The minimum atomic E-state index is 0.592. The Kier molecular flexibility index (Phi) is 4.12. The molecule has 4 nitrogen and oxygen atoms in total. The van der Waals surface area contributed by atoms with Crippen molar-refractivity contribution < 1.29 is 0 Å². The van der Waals surface area contributed by atoms with E-state index in [0.29, 0.717) is 12.5 Å². The van der Waals surface area contributed by atoms with Crippen molar-refractivity contribution >= 4 is 39.0 Å². The highest BCUT2D eigenvalue weighted by Crippen LogP contribution is 2.28. The van der Waals surface area contributed by atoms with Crippen LogP contribution in [-0.4, -0.2) is 15.2 Å². The van der Waals surface area contributed by atoms with Crippen molar-refractivity contribution in [2.45, 2.75) is 26.8 Å². The average Bonchev–Trinajstić information content (AvgIpc) is 3.02. The van der Waals surface area contributed by atoms with E-state index in [1.807, 2.05) is 24.3 Å². The van der Waals surface area contributed by atoms with Crippen LogP contribution in [0, 0.1) is 5.92 Å². The minimum absolute atomic E-state index is 0.592. The highest BCUT2D eigenvalue weighted by molar-refractivity contribution is 7.15. The van der Waals surface area contributed by atoms with Gasteiger partial charge in [-0.15, -0.1) is 10.2 Å². The molecule has 0 atom stereocenters. The van der Waals surface area contributed by atoms with E-state index in [1.165, 1.54) is 0 Å². The zero-order valence-electron chi connectivity index (χ0n) is 12.0. The summed E-state index contributed by atoms with van der Waals surface area (Å²) >= 11 is 8.00. The van der Waals surface area contributed by atoms with Gasteiger partial charge in [-0.2, -0.15) is 0 Å². The predicted octanol–water partition coefficient (Wildman–Crippen LogP) is 4.48. The highest BCUT2D eigenvalue weighted by atomic mass is 35.5. The van der Waals surface area contributed by atoms with E-state index in [-0.39, 0.29) is 0 Å². The molecule has 2 aromatic heterocycles. The third-order valence-electron chi connectivity index (χ3n) is 3.18. The van der Waals surface area contributed by atoms with Crippen LogP contribution in [0.3, 0.4) is 0 Å². The van der Waals surface area contributed by atoms with Gasteiger partial charge in [-0.25, -0.2) is 0 Å². The van der Waals surface area contributed by atoms with Gasteiger partial charge in [0.2, 0.25) is 5.13 Å². The first-order chi connectivity index (χ1) is 10.1. The standard InChI is InChI=1S/C15H17ClN4S/c1-9(2)7-13-19-20-15(21-13)17-8-12-14(16)10-5-3-4-6-11(10)18-12/h3-6,9,18H,7-8H2,1-2H3,(H,17,20). The summed E-state index contributed by atoms with van der Waals surface area (Å²) < 4.78 is 0. The number of benzene rings is 1. The molecule has 0 fully saturated rings. The fourth-order valence-electron chi connectivity index (χ4n) is 2.21. The molecule has 2 N–H and O–H groups in total. The second-order valence-electron chi connectivity index (χ2n) is 5.42. The van der Waals surface area contributed by atoms with Gasteiger partial charge in [0.25, 0.3) is 0 Å². The van der Waals surface area contributed by atoms with E-state index >= 15 is 0 Å². The average molecular weight is 321 g/mol. The summed E-state index contributed by atoms with van der Waals surface area (Å²) in [5.74, 6) is 0.592. The first-order valence-electron chi connectivity index (χ1n) is 6.95. The number of halogens is 1. The minimum Gasteiger partial charge on any atom is -0.356 e. The molecule has 3 rings (SSSR count). The van der Waals surface area contributed by atoms with Crippen molar-refractivity contribution in [2.24, 2.45) is 5.92 Å². The molecule has 0 aliphatic carbocycles. The molecule has 0 unspecified atom stereocenters. The molecule has 110 valence electrons. The van der Waals surface area contributed by atoms with Crippen LogP contribution in [0.25, 0.3) is 10.9 Å². The van der Waals surface area contributed by atoms with Gasteiger partial charge in [0.1, 0.15) is 5.01 Å². The number of nitrogens with zero attached hydrogens (tertiary/aromatic N) is 2. The van der Waals surface area contributed by atoms with Crippen molar-refractivity contribution in [2.75, 3.05) is 5.32 Å². The zero-order valence-corrected chi connectivity index (χ0v) is 13.6. The smallest absolute Gasteiger partial charge is 0.205 e. The molecule has 3 aromatic rings. The summed E-state index contributed by atoms with van der Waals surface area (Å²) in [4.78, 5) is 3.34. The Morgan fingerprint density at radius 2 is 2.10 bits per heavy atom. The van der Waals surface area contributed by atoms with E-state index in [1.54, 1.807) is 11.3 Å². The summed E-state index contributed by atoms with van der Waals surface area (Å²) in [5, 5.41) is 15.4. The van der Waals surface area contributed by atoms with Gasteiger partial charge in [0, 0.05) is 17.3 Å². The number of aromatic nitrogens is 3. The Balaban J connectivity index is 1.71. The van der Waals surface area contributed by atoms with Crippen molar-refractivity contribution in [3.05, 3.63) is 40.0 Å². The molecular weight excluding hydrogens is 304 g/mol. The van der Waals surface area contributed by atoms with Crippen LogP contribution in [-0.2, 0) is 13.0 Å². The molecule has 0 saturated heterocycles. The van der Waals surface area contributed by atoms with Crippen molar-refractivity contribution in [1.82, 2.24) is 15.2 Å². The maximum atomic E-state index is 6.39. The van der Waals surface area contributed by atoms with Crippen LogP contribution in [0.2, 0.25) is 5.02 Å². The van der Waals surface area contributed by atoms with Crippen LogP contribution in [0.4, 0.5) is 5.13 Å². The van der Waals surface area contributed by atoms with Crippen LogP contribution < -0.4 is 5.32 Å². The monoisotopic (exact) mass is 320 g/mol. The Labute approximate surface area is 132 Å². The van der Waals surface area contributed by atoms with E-state index in [2.05, 4.69) is 34.3 Å². The predicted molar refractivity (Wildman–Crippen MR) is 89.1 cm³/mol. The molecule has 0 aliphatic rings. The number of para-hydroxylation sites is 1. The van der Waals surface area contributed by atoms with Crippen LogP contribution in [0.1, 0.15) is 24.5 Å². The molecule has 0 saturated carbocycles. The lowest BCUT2D eigenvalue weighted by atomic mass is 10.1. The molecule has 21 heavy (non-hydrogen) atoms. The fourth-order valence-corrected chi connectivity index (χ4v) is 3.43. The highest BCUT2D eigenvalue weighted by Gasteiger charge is 2.10. The Morgan fingerprint density at radius 3 is 2.86 bits per heavy atom. The number of fused-ring (bicyclic) bond motifs is 1. The molecule has 0 bridgehead atoms. The molecule has 0 amide bonds. The number of hydrogen-bond donors (Lipinski definition) is 2. The van der Waals surface area contributed by atoms with Crippen LogP contribution in [0.5, 0.6) is 0 Å². The molecular formula is C15H17ClN4S. The molecule has 0 spiro atoms. The van der Waals surface area contributed by atoms with E-state index < -0.39 is 0 Å². The Hall–Kier alpha value is -1.59. The number of nitrogens with one attached hydrogen (secondary N) is 2. The summed E-state index contributed by atoms with van der Waals surface area (Å²) in [6, 6.07) is 8.03. The lowest BCUT2D eigenvalue weighted by Crippen LogP contribution is -1.99. The molecule has 2 heterocycles. The van der Waals surface area contributed by atoms with Gasteiger partial charge in [-0.1, -0.05) is 55.0 Å². The normalized spacial score (nSPS) is 11.4. The van der Waals surface area contributed by atoms with Gasteiger partial charge in [0.15, 0.2) is 0 Å². The summed E-state index contributed by atoms with van der Waals surface area (Å²) in [6.07, 6.45) is 0.965. The number of aromatic amines is 1. The van der Waals surface area contributed by atoms with Crippen molar-refractivity contribution in [3.63, 3.8) is 0 Å².